The van der Waals surface area contributed by atoms with E-state index in [1.807, 2.05) is 0 Å². The van der Waals surface area contributed by atoms with E-state index in [0.717, 1.165) is 18.2 Å². The zero-order chi connectivity index (χ0) is 10.6. The predicted octanol–water partition coefficient (Wildman–Crippen LogP) is 2.07. The van der Waals surface area contributed by atoms with Crippen molar-refractivity contribution < 1.29 is 18.3 Å². The van der Waals surface area contributed by atoms with Crippen LogP contribution in [0, 0.1) is 11.6 Å². The third-order valence-electron chi connectivity index (χ3n) is 1.83. The molecule has 0 unspecified atom stereocenters. The van der Waals surface area contributed by atoms with E-state index in [4.69, 9.17) is 0 Å². The van der Waals surface area contributed by atoms with Crippen molar-refractivity contribution in [3.05, 3.63) is 35.4 Å². The molecule has 0 radical (unpaired) electrons. The number of esters is 1. The summed E-state index contributed by atoms with van der Waals surface area (Å²) in [5.74, 6) is -1.45. The molecule has 0 N–H and O–H groups in total. The lowest BCUT2D eigenvalue weighted by Crippen LogP contribution is -2.03. The Labute approximate surface area is 80.5 Å². The number of hydrogen-bond donors (Lipinski definition) is 0. The first-order valence-corrected chi connectivity index (χ1v) is 4.14. The third-order valence-corrected chi connectivity index (χ3v) is 1.83. The zero-order valence-electron chi connectivity index (χ0n) is 7.72. The minimum absolute atomic E-state index is 0.0525. The molecular formula is C10H10F2O2. The van der Waals surface area contributed by atoms with Crippen LogP contribution in [0.2, 0.25) is 0 Å². The Kier molecular flexibility index (Phi) is 3.56. The Bertz CT molecular complexity index is 337. The van der Waals surface area contributed by atoms with Gasteiger partial charge in [-0.3, -0.25) is 4.79 Å². The Morgan fingerprint density at radius 3 is 2.79 bits per heavy atom. The Hall–Kier alpha value is -1.45. The molecule has 0 atom stereocenters. The average molecular weight is 200 g/mol. The molecule has 0 saturated carbocycles. The van der Waals surface area contributed by atoms with E-state index >= 15 is 0 Å². The van der Waals surface area contributed by atoms with E-state index in [1.54, 1.807) is 0 Å². The molecule has 4 heteroatoms. The molecule has 1 rings (SSSR count). The lowest BCUT2D eigenvalue weighted by atomic mass is 10.1. The fraction of sp³-hybridized carbons (Fsp3) is 0.300. The maximum atomic E-state index is 13.0. The average Bonchev–Trinajstić information content (AvgIpc) is 2.19. The third kappa shape index (κ3) is 2.80. The lowest BCUT2D eigenvalue weighted by Gasteiger charge is -2.02. The normalized spacial score (nSPS) is 9.93. The number of carbonyl (C=O) groups is 1. The van der Waals surface area contributed by atoms with Gasteiger partial charge in [0.15, 0.2) is 0 Å². The molecule has 0 aromatic heterocycles. The first-order valence-electron chi connectivity index (χ1n) is 4.14. The van der Waals surface area contributed by atoms with Gasteiger partial charge in [-0.1, -0.05) is 0 Å². The van der Waals surface area contributed by atoms with Crippen LogP contribution in [-0.2, 0) is 16.0 Å². The van der Waals surface area contributed by atoms with Crippen LogP contribution >= 0.6 is 0 Å². The van der Waals surface area contributed by atoms with Gasteiger partial charge in [-0.25, -0.2) is 8.78 Å². The molecule has 0 aliphatic rings. The standard InChI is InChI=1S/C10H10F2O2/c1-14-10(13)5-2-7-6-8(11)3-4-9(7)12/h3-4,6H,2,5H2,1H3. The number of halogens is 2. The van der Waals surface area contributed by atoms with Gasteiger partial charge >= 0.3 is 5.97 Å². The summed E-state index contributed by atoms with van der Waals surface area (Å²) in [5, 5.41) is 0. The molecule has 0 spiro atoms. The van der Waals surface area contributed by atoms with E-state index in [-0.39, 0.29) is 18.4 Å². The summed E-state index contributed by atoms with van der Waals surface area (Å²) in [5.41, 5.74) is 0.190. The summed E-state index contributed by atoms with van der Waals surface area (Å²) < 4.78 is 30.1. The molecule has 2 nitrogen and oxygen atoms in total. The molecule has 1 aromatic carbocycles. The van der Waals surface area contributed by atoms with Gasteiger partial charge in [0.1, 0.15) is 11.6 Å². The first kappa shape index (κ1) is 10.6. The smallest absolute Gasteiger partial charge is 0.305 e. The van der Waals surface area contributed by atoms with Crippen molar-refractivity contribution in [1.82, 2.24) is 0 Å². The maximum absolute atomic E-state index is 13.0. The van der Waals surface area contributed by atoms with Crippen LogP contribution in [0.15, 0.2) is 18.2 Å². The molecule has 14 heavy (non-hydrogen) atoms. The van der Waals surface area contributed by atoms with Gasteiger partial charge in [-0.2, -0.15) is 0 Å². The Morgan fingerprint density at radius 2 is 2.14 bits per heavy atom. The molecular weight excluding hydrogens is 190 g/mol. The summed E-state index contributed by atoms with van der Waals surface area (Å²) in [7, 11) is 1.25. The van der Waals surface area contributed by atoms with Crippen LogP contribution in [0.4, 0.5) is 8.78 Å². The summed E-state index contributed by atoms with van der Waals surface area (Å²) in [6.45, 7) is 0. The predicted molar refractivity (Wildman–Crippen MR) is 46.7 cm³/mol. The largest absolute Gasteiger partial charge is 0.469 e. The number of ether oxygens (including phenoxy) is 1. The maximum Gasteiger partial charge on any atom is 0.305 e. The second kappa shape index (κ2) is 4.69. The first-order chi connectivity index (χ1) is 6.63. The van der Waals surface area contributed by atoms with Crippen LogP contribution in [0.5, 0.6) is 0 Å². The van der Waals surface area contributed by atoms with Crippen molar-refractivity contribution in [2.45, 2.75) is 12.8 Å². The second-order valence-corrected chi connectivity index (χ2v) is 2.81. The van der Waals surface area contributed by atoms with Crippen LogP contribution < -0.4 is 0 Å². The van der Waals surface area contributed by atoms with Crippen LogP contribution in [0.1, 0.15) is 12.0 Å². The van der Waals surface area contributed by atoms with Crippen LogP contribution in [-0.4, -0.2) is 13.1 Å². The number of carbonyl (C=O) groups excluding carboxylic acids is 1. The van der Waals surface area contributed by atoms with Crippen LogP contribution in [0.25, 0.3) is 0 Å². The van der Waals surface area contributed by atoms with E-state index in [2.05, 4.69) is 4.74 Å². The highest BCUT2D eigenvalue weighted by Gasteiger charge is 2.06. The van der Waals surface area contributed by atoms with Gasteiger partial charge in [0.05, 0.1) is 7.11 Å². The Balaban J connectivity index is 2.66. The molecule has 0 aliphatic carbocycles. The van der Waals surface area contributed by atoms with E-state index < -0.39 is 17.6 Å². The van der Waals surface area contributed by atoms with E-state index in [0.29, 0.717) is 0 Å². The van der Waals surface area contributed by atoms with Crippen molar-refractivity contribution in [2.75, 3.05) is 7.11 Å². The number of rotatable bonds is 3. The topological polar surface area (TPSA) is 26.3 Å². The summed E-state index contributed by atoms with van der Waals surface area (Å²) in [6.07, 6.45) is 0.202. The number of methoxy groups -OCH3 is 1. The van der Waals surface area contributed by atoms with Crippen molar-refractivity contribution >= 4 is 5.97 Å². The van der Waals surface area contributed by atoms with Gasteiger partial charge in [0.25, 0.3) is 0 Å². The second-order valence-electron chi connectivity index (χ2n) is 2.81. The zero-order valence-corrected chi connectivity index (χ0v) is 7.72. The summed E-state index contributed by atoms with van der Waals surface area (Å²) >= 11 is 0. The van der Waals surface area contributed by atoms with Gasteiger partial charge < -0.3 is 4.74 Å². The molecule has 1 aromatic rings. The highest BCUT2D eigenvalue weighted by Crippen LogP contribution is 2.11. The quantitative estimate of drug-likeness (QED) is 0.698. The molecule has 0 aliphatic heterocycles. The monoisotopic (exact) mass is 200 g/mol. The molecule has 0 fully saturated rings. The SMILES string of the molecule is COC(=O)CCc1cc(F)ccc1F. The highest BCUT2D eigenvalue weighted by molar-refractivity contribution is 5.69. The summed E-state index contributed by atoms with van der Waals surface area (Å²) in [6, 6.07) is 3.16. The number of aryl methyl sites for hydroxylation is 1. The van der Waals surface area contributed by atoms with E-state index in [1.165, 1.54) is 7.11 Å². The summed E-state index contributed by atoms with van der Waals surface area (Å²) in [4.78, 5) is 10.7. The van der Waals surface area contributed by atoms with Crippen molar-refractivity contribution in [3.63, 3.8) is 0 Å². The van der Waals surface area contributed by atoms with Crippen molar-refractivity contribution in [1.29, 1.82) is 0 Å². The molecule has 0 bridgehead atoms. The number of hydrogen-bond acceptors (Lipinski definition) is 2. The Morgan fingerprint density at radius 1 is 1.43 bits per heavy atom. The molecule has 0 saturated heterocycles. The van der Waals surface area contributed by atoms with Crippen molar-refractivity contribution in [2.24, 2.45) is 0 Å². The van der Waals surface area contributed by atoms with Gasteiger partial charge in [0, 0.05) is 6.42 Å². The molecule has 76 valence electrons. The van der Waals surface area contributed by atoms with Gasteiger partial charge in [-0.05, 0) is 30.2 Å². The minimum atomic E-state index is -0.508. The van der Waals surface area contributed by atoms with Gasteiger partial charge in [0.2, 0.25) is 0 Å². The minimum Gasteiger partial charge on any atom is -0.469 e. The lowest BCUT2D eigenvalue weighted by molar-refractivity contribution is -0.140. The molecule has 0 heterocycles. The number of benzene rings is 1. The van der Waals surface area contributed by atoms with Crippen molar-refractivity contribution in [3.8, 4) is 0 Å². The highest BCUT2D eigenvalue weighted by atomic mass is 19.1. The molecule has 0 amide bonds. The fourth-order valence-corrected chi connectivity index (χ4v) is 1.07. The van der Waals surface area contributed by atoms with E-state index in [9.17, 15) is 13.6 Å². The van der Waals surface area contributed by atoms with Crippen LogP contribution in [0.3, 0.4) is 0 Å². The fourth-order valence-electron chi connectivity index (χ4n) is 1.07. The van der Waals surface area contributed by atoms with Gasteiger partial charge in [-0.15, -0.1) is 0 Å².